The number of hydrogen-bond donors (Lipinski definition) is 1. The molecule has 178 valence electrons. The third-order valence-electron chi connectivity index (χ3n) is 5.77. The minimum Gasteiger partial charge on any atom is -0.496 e. The Labute approximate surface area is 206 Å². The van der Waals surface area contributed by atoms with Crippen molar-refractivity contribution in [1.82, 2.24) is 4.37 Å². The van der Waals surface area contributed by atoms with E-state index in [2.05, 4.69) is 44.2 Å². The number of hydrogen-bond acceptors (Lipinski definition) is 6. The van der Waals surface area contributed by atoms with Gasteiger partial charge in [0.1, 0.15) is 11.5 Å². The smallest absolute Gasteiger partial charge is 0.154 e. The number of ether oxygens (including phenoxy) is 2. The van der Waals surface area contributed by atoms with Crippen LogP contribution in [0.3, 0.4) is 0 Å². The fourth-order valence-electron chi connectivity index (χ4n) is 3.87. The molecule has 33 heavy (non-hydrogen) atoms. The lowest BCUT2D eigenvalue weighted by atomic mass is 9.94. The van der Waals surface area contributed by atoms with Gasteiger partial charge in [-0.1, -0.05) is 26.0 Å². The van der Waals surface area contributed by atoms with E-state index in [1.807, 2.05) is 24.4 Å². The predicted octanol–water partition coefficient (Wildman–Crippen LogP) is 6.02. The number of carbonyl (C=O) groups is 1. The largest absolute Gasteiger partial charge is 0.496 e. The highest BCUT2D eigenvalue weighted by Crippen LogP contribution is 2.39. The molecule has 0 saturated carbocycles. The van der Waals surface area contributed by atoms with Gasteiger partial charge in [-0.15, -0.1) is 12.4 Å². The molecule has 5 nitrogen and oxygen atoms in total. The predicted molar refractivity (Wildman–Crippen MR) is 139 cm³/mol. The van der Waals surface area contributed by atoms with Gasteiger partial charge >= 0.3 is 0 Å². The third-order valence-corrected chi connectivity index (χ3v) is 6.62. The SMILES string of the molecule is COc1ccc(-c2cnsc2-c2cc(C)c(C)c(OC)c2)cc1CC(=O)C(N)CC(C)C.Cl. The van der Waals surface area contributed by atoms with E-state index in [0.29, 0.717) is 18.1 Å². The summed E-state index contributed by atoms with van der Waals surface area (Å²) in [5, 5.41) is 0. The Morgan fingerprint density at radius 1 is 1.06 bits per heavy atom. The summed E-state index contributed by atoms with van der Waals surface area (Å²) in [6.45, 7) is 8.28. The number of nitrogens with zero attached hydrogens (tertiary/aromatic N) is 1. The van der Waals surface area contributed by atoms with Crippen molar-refractivity contribution in [3.05, 3.63) is 53.2 Å². The second-order valence-corrected chi connectivity index (χ2v) is 9.40. The highest BCUT2D eigenvalue weighted by Gasteiger charge is 2.19. The van der Waals surface area contributed by atoms with E-state index in [1.54, 1.807) is 14.2 Å². The van der Waals surface area contributed by atoms with Gasteiger partial charge in [-0.3, -0.25) is 4.79 Å². The fourth-order valence-corrected chi connectivity index (χ4v) is 4.62. The van der Waals surface area contributed by atoms with Gasteiger partial charge in [0.15, 0.2) is 5.78 Å². The van der Waals surface area contributed by atoms with Crippen molar-refractivity contribution < 1.29 is 14.3 Å². The zero-order valence-electron chi connectivity index (χ0n) is 20.1. The highest BCUT2D eigenvalue weighted by molar-refractivity contribution is 7.10. The normalized spacial score (nSPS) is 11.8. The van der Waals surface area contributed by atoms with Crippen LogP contribution in [0.1, 0.15) is 37.0 Å². The molecule has 1 heterocycles. The maximum Gasteiger partial charge on any atom is 0.154 e. The van der Waals surface area contributed by atoms with E-state index in [-0.39, 0.29) is 24.6 Å². The first-order valence-corrected chi connectivity index (χ1v) is 11.6. The van der Waals surface area contributed by atoms with Crippen LogP contribution in [0.2, 0.25) is 0 Å². The molecule has 0 aliphatic carbocycles. The number of methoxy groups -OCH3 is 2. The van der Waals surface area contributed by atoms with E-state index in [9.17, 15) is 4.79 Å². The molecule has 1 atom stereocenters. The molecule has 0 radical (unpaired) electrons. The topological polar surface area (TPSA) is 74.4 Å². The van der Waals surface area contributed by atoms with E-state index < -0.39 is 6.04 Å². The lowest BCUT2D eigenvalue weighted by Gasteiger charge is -2.15. The van der Waals surface area contributed by atoms with E-state index in [4.69, 9.17) is 15.2 Å². The maximum atomic E-state index is 12.7. The van der Waals surface area contributed by atoms with Gasteiger partial charge in [-0.25, -0.2) is 0 Å². The minimum absolute atomic E-state index is 0. The van der Waals surface area contributed by atoms with Gasteiger partial charge in [0, 0.05) is 23.7 Å². The molecule has 0 bridgehead atoms. The van der Waals surface area contributed by atoms with Gasteiger partial charge in [0.25, 0.3) is 0 Å². The van der Waals surface area contributed by atoms with Crippen molar-refractivity contribution in [3.8, 4) is 33.1 Å². The van der Waals surface area contributed by atoms with Crippen molar-refractivity contribution in [2.24, 2.45) is 11.7 Å². The quantitative estimate of drug-likeness (QED) is 0.398. The number of carbonyl (C=O) groups excluding carboxylic acids is 1. The Hall–Kier alpha value is -2.41. The van der Waals surface area contributed by atoms with Crippen molar-refractivity contribution in [2.75, 3.05) is 14.2 Å². The Kier molecular flexibility index (Phi) is 9.46. The molecule has 0 aliphatic heterocycles. The number of aryl methyl sites for hydroxylation is 1. The molecule has 0 fully saturated rings. The van der Waals surface area contributed by atoms with E-state index >= 15 is 0 Å². The van der Waals surface area contributed by atoms with Crippen LogP contribution in [0, 0.1) is 19.8 Å². The summed E-state index contributed by atoms with van der Waals surface area (Å²) in [5.74, 6) is 1.95. The van der Waals surface area contributed by atoms with Crippen molar-refractivity contribution in [1.29, 1.82) is 0 Å². The molecule has 0 saturated heterocycles. The van der Waals surface area contributed by atoms with E-state index in [1.165, 1.54) is 17.1 Å². The number of benzene rings is 2. The zero-order chi connectivity index (χ0) is 23.4. The first-order chi connectivity index (χ1) is 15.2. The van der Waals surface area contributed by atoms with Gasteiger partial charge in [-0.2, -0.15) is 4.37 Å². The molecule has 2 N–H and O–H groups in total. The number of nitrogens with two attached hydrogens (primary N) is 1. The van der Waals surface area contributed by atoms with Crippen LogP contribution in [0.15, 0.2) is 36.5 Å². The van der Waals surface area contributed by atoms with E-state index in [0.717, 1.165) is 38.4 Å². The fraction of sp³-hybridized carbons (Fsp3) is 0.385. The summed E-state index contributed by atoms with van der Waals surface area (Å²) < 4.78 is 15.6. The average molecular weight is 489 g/mol. The monoisotopic (exact) mass is 488 g/mol. The molecule has 0 spiro atoms. The van der Waals surface area contributed by atoms with Crippen LogP contribution in [0.5, 0.6) is 11.5 Å². The molecule has 0 aliphatic rings. The minimum atomic E-state index is -0.468. The first-order valence-electron chi connectivity index (χ1n) is 10.8. The van der Waals surface area contributed by atoms with Crippen LogP contribution in [-0.2, 0) is 11.2 Å². The molecular formula is C26H33ClN2O3S. The molecule has 1 unspecified atom stereocenters. The van der Waals surface area contributed by atoms with Crippen LogP contribution in [0.25, 0.3) is 21.6 Å². The summed E-state index contributed by atoms with van der Waals surface area (Å²) in [6.07, 6.45) is 2.79. The van der Waals surface area contributed by atoms with Crippen LogP contribution < -0.4 is 15.2 Å². The Morgan fingerprint density at radius 2 is 1.76 bits per heavy atom. The maximum absolute atomic E-state index is 12.7. The highest BCUT2D eigenvalue weighted by atomic mass is 35.5. The van der Waals surface area contributed by atoms with Crippen LogP contribution >= 0.6 is 23.9 Å². The Balaban J connectivity index is 0.00000385. The van der Waals surface area contributed by atoms with Gasteiger partial charge in [0.2, 0.25) is 0 Å². The molecule has 7 heteroatoms. The van der Waals surface area contributed by atoms with Crippen LogP contribution in [0.4, 0.5) is 0 Å². The standard InChI is InChI=1S/C26H32N2O3S.ClH/c1-15(2)9-22(27)23(29)12-19-11-18(7-8-24(19)30-5)21-14-28-32-26(21)20-10-16(3)17(4)25(13-20)31-6;/h7-8,10-11,13-15,22H,9,12,27H2,1-6H3;1H. The third kappa shape index (κ3) is 6.14. The number of rotatable bonds is 9. The van der Waals surface area contributed by atoms with Gasteiger partial charge < -0.3 is 15.2 Å². The van der Waals surface area contributed by atoms with Crippen molar-refractivity contribution >= 4 is 29.7 Å². The summed E-state index contributed by atoms with van der Waals surface area (Å²) in [7, 11) is 3.31. The average Bonchev–Trinajstić information content (AvgIpc) is 3.25. The summed E-state index contributed by atoms with van der Waals surface area (Å²) in [4.78, 5) is 13.8. The number of halogens is 1. The number of aromatic nitrogens is 1. The molecule has 3 aromatic rings. The second kappa shape index (κ2) is 11.6. The van der Waals surface area contributed by atoms with Crippen LogP contribution in [-0.4, -0.2) is 30.4 Å². The summed E-state index contributed by atoms with van der Waals surface area (Å²) >= 11 is 1.45. The lowest BCUT2D eigenvalue weighted by molar-refractivity contribution is -0.120. The Bertz CT molecular complexity index is 1110. The van der Waals surface area contributed by atoms with Gasteiger partial charge in [0.05, 0.1) is 25.1 Å². The summed E-state index contributed by atoms with van der Waals surface area (Å²) in [5.41, 5.74) is 12.3. The van der Waals surface area contributed by atoms with Crippen molar-refractivity contribution in [3.63, 3.8) is 0 Å². The second-order valence-electron chi connectivity index (χ2n) is 8.59. The Morgan fingerprint density at radius 3 is 2.39 bits per heavy atom. The van der Waals surface area contributed by atoms with Gasteiger partial charge in [-0.05, 0) is 78.2 Å². The molecule has 2 aromatic carbocycles. The molecule has 3 rings (SSSR count). The zero-order valence-corrected chi connectivity index (χ0v) is 21.7. The van der Waals surface area contributed by atoms with Crippen molar-refractivity contribution in [2.45, 2.75) is 46.6 Å². The first kappa shape index (κ1) is 26.8. The molecular weight excluding hydrogens is 456 g/mol. The molecule has 0 amide bonds. The molecule has 1 aromatic heterocycles. The number of Topliss-reactive ketones (excluding diaryl/α,β-unsaturated/α-hetero) is 1. The number of ketones is 1. The summed E-state index contributed by atoms with van der Waals surface area (Å²) in [6, 6.07) is 9.68. The lowest BCUT2D eigenvalue weighted by Crippen LogP contribution is -2.33.